The fourth-order valence-corrected chi connectivity index (χ4v) is 3.21. The quantitative estimate of drug-likeness (QED) is 0.454. The molecule has 1 unspecified atom stereocenters. The number of amides is 2. The summed E-state index contributed by atoms with van der Waals surface area (Å²) in [4.78, 5) is 30.4. The number of carbonyl (C=O) groups excluding carboxylic acids is 1. The number of nitrogens with zero attached hydrogens (tertiary/aromatic N) is 5. The van der Waals surface area contributed by atoms with Crippen LogP contribution in [0.3, 0.4) is 0 Å². The van der Waals surface area contributed by atoms with Gasteiger partial charge in [-0.15, -0.1) is 0 Å². The Hall–Kier alpha value is -4.02. The Labute approximate surface area is 178 Å². The first-order valence-electron chi connectivity index (χ1n) is 9.71. The zero-order valence-electron chi connectivity index (χ0n) is 16.8. The molecule has 3 heterocycles. The van der Waals surface area contributed by atoms with Crippen LogP contribution in [0.4, 0.5) is 32.6 Å². The van der Waals surface area contributed by atoms with Crippen LogP contribution in [0.15, 0.2) is 48.9 Å². The molecule has 1 atom stereocenters. The van der Waals surface area contributed by atoms with Gasteiger partial charge >= 0.3 is 6.03 Å². The molecular formula is C20H22FN9O. The lowest BCUT2D eigenvalue weighted by atomic mass is 10.1. The van der Waals surface area contributed by atoms with Gasteiger partial charge in [0.15, 0.2) is 0 Å². The number of nitrogens with one attached hydrogen (secondary N) is 3. The minimum Gasteiger partial charge on any atom is -0.352 e. The second-order valence-corrected chi connectivity index (χ2v) is 7.18. The van der Waals surface area contributed by atoms with Gasteiger partial charge in [0, 0.05) is 31.5 Å². The van der Waals surface area contributed by atoms with Gasteiger partial charge in [-0.2, -0.15) is 9.97 Å². The standard InChI is InChI=1S/C20H22FN9O/c1-12(13-2-4-14(21)5-3-13)25-20-28-16(27-17-9-23-6-7-24-17)8-18(29-20)30-10-15(11-30)26-19(22)31/h2-9,12,15H,10-11H2,1H3,(H3,22,26,31)(H2,24,25,27,28,29). The van der Waals surface area contributed by atoms with E-state index in [9.17, 15) is 9.18 Å². The largest absolute Gasteiger partial charge is 0.352 e. The molecule has 31 heavy (non-hydrogen) atoms. The Morgan fingerprint density at radius 1 is 1.19 bits per heavy atom. The third-order valence-corrected chi connectivity index (χ3v) is 4.80. The van der Waals surface area contributed by atoms with E-state index in [4.69, 9.17) is 5.73 Å². The van der Waals surface area contributed by atoms with E-state index in [1.807, 2.05) is 11.8 Å². The number of nitrogens with two attached hydrogens (primary N) is 1. The molecule has 0 spiro atoms. The van der Waals surface area contributed by atoms with Crippen molar-refractivity contribution in [1.82, 2.24) is 25.3 Å². The van der Waals surface area contributed by atoms with E-state index in [2.05, 4.69) is 35.9 Å². The minimum absolute atomic E-state index is 0.0292. The summed E-state index contributed by atoms with van der Waals surface area (Å²) in [5.41, 5.74) is 6.09. The van der Waals surface area contributed by atoms with Gasteiger partial charge in [0.05, 0.1) is 18.3 Å². The molecule has 160 valence electrons. The predicted molar refractivity (Wildman–Crippen MR) is 115 cm³/mol. The van der Waals surface area contributed by atoms with Gasteiger partial charge in [-0.05, 0) is 24.6 Å². The summed E-state index contributed by atoms with van der Waals surface area (Å²) in [5, 5.41) is 9.05. The molecule has 0 bridgehead atoms. The topological polar surface area (TPSA) is 134 Å². The highest BCUT2D eigenvalue weighted by molar-refractivity contribution is 5.72. The first-order chi connectivity index (χ1) is 15.0. The maximum absolute atomic E-state index is 13.2. The lowest BCUT2D eigenvalue weighted by Crippen LogP contribution is -2.60. The number of anilines is 4. The molecule has 0 radical (unpaired) electrons. The zero-order valence-corrected chi connectivity index (χ0v) is 16.8. The normalized spacial score (nSPS) is 14.5. The molecule has 1 fully saturated rings. The molecule has 4 rings (SSSR count). The maximum atomic E-state index is 13.2. The summed E-state index contributed by atoms with van der Waals surface area (Å²) < 4.78 is 13.2. The van der Waals surface area contributed by atoms with Crippen LogP contribution < -0.4 is 26.6 Å². The molecule has 1 aliphatic rings. The van der Waals surface area contributed by atoms with Crippen LogP contribution in [0.2, 0.25) is 0 Å². The number of aromatic nitrogens is 4. The molecule has 0 saturated carbocycles. The molecule has 1 saturated heterocycles. The van der Waals surface area contributed by atoms with Crippen molar-refractivity contribution in [2.75, 3.05) is 28.6 Å². The number of primary amides is 1. The third kappa shape index (κ3) is 5.13. The van der Waals surface area contributed by atoms with Crippen molar-refractivity contribution in [1.29, 1.82) is 0 Å². The Bertz CT molecular complexity index is 1040. The second-order valence-electron chi connectivity index (χ2n) is 7.18. The second kappa shape index (κ2) is 8.78. The van der Waals surface area contributed by atoms with Gasteiger partial charge in [-0.3, -0.25) is 4.98 Å². The van der Waals surface area contributed by atoms with Gasteiger partial charge in [0.2, 0.25) is 5.95 Å². The molecule has 5 N–H and O–H groups in total. The van der Waals surface area contributed by atoms with E-state index >= 15 is 0 Å². The van der Waals surface area contributed by atoms with E-state index in [1.165, 1.54) is 12.1 Å². The van der Waals surface area contributed by atoms with Crippen LogP contribution in [0.1, 0.15) is 18.5 Å². The van der Waals surface area contributed by atoms with E-state index in [0.717, 1.165) is 5.56 Å². The molecule has 1 aliphatic heterocycles. The lowest BCUT2D eigenvalue weighted by Gasteiger charge is -2.40. The van der Waals surface area contributed by atoms with E-state index in [-0.39, 0.29) is 17.9 Å². The van der Waals surface area contributed by atoms with Crippen LogP contribution in [0, 0.1) is 5.82 Å². The maximum Gasteiger partial charge on any atom is 0.312 e. The summed E-state index contributed by atoms with van der Waals surface area (Å²) in [6.07, 6.45) is 4.75. The first kappa shape index (κ1) is 20.3. The smallest absolute Gasteiger partial charge is 0.312 e. The molecular weight excluding hydrogens is 401 g/mol. The fourth-order valence-electron chi connectivity index (χ4n) is 3.21. The van der Waals surface area contributed by atoms with Gasteiger partial charge < -0.3 is 26.6 Å². The molecule has 11 heteroatoms. The lowest BCUT2D eigenvalue weighted by molar-refractivity contribution is 0.242. The van der Waals surface area contributed by atoms with Gasteiger partial charge in [-0.25, -0.2) is 14.2 Å². The summed E-state index contributed by atoms with van der Waals surface area (Å²) >= 11 is 0. The summed E-state index contributed by atoms with van der Waals surface area (Å²) in [7, 11) is 0. The van der Waals surface area contributed by atoms with Crippen LogP contribution in [0.25, 0.3) is 0 Å². The SMILES string of the molecule is CC(Nc1nc(Nc2cnccn2)cc(N2CC(NC(N)=O)C2)n1)c1ccc(F)cc1. The third-order valence-electron chi connectivity index (χ3n) is 4.80. The highest BCUT2D eigenvalue weighted by Crippen LogP contribution is 2.26. The average Bonchev–Trinajstić information content (AvgIpc) is 2.71. The van der Waals surface area contributed by atoms with Crippen molar-refractivity contribution in [3.05, 3.63) is 60.3 Å². The van der Waals surface area contributed by atoms with Crippen molar-refractivity contribution < 1.29 is 9.18 Å². The Morgan fingerprint density at radius 2 is 1.97 bits per heavy atom. The zero-order chi connectivity index (χ0) is 21.8. The summed E-state index contributed by atoms with van der Waals surface area (Å²) in [6, 6.07) is 7.32. The number of halogens is 1. The minimum atomic E-state index is -0.548. The number of carbonyl (C=O) groups is 1. The van der Waals surface area contributed by atoms with Crippen molar-refractivity contribution in [3.63, 3.8) is 0 Å². The number of hydrogen-bond acceptors (Lipinski definition) is 8. The van der Waals surface area contributed by atoms with Crippen LogP contribution in [-0.2, 0) is 0 Å². The van der Waals surface area contributed by atoms with Gasteiger partial charge in [0.1, 0.15) is 23.3 Å². The van der Waals surface area contributed by atoms with Crippen LogP contribution in [-0.4, -0.2) is 45.1 Å². The summed E-state index contributed by atoms with van der Waals surface area (Å²) in [6.45, 7) is 3.10. The molecule has 2 aromatic heterocycles. The van der Waals surface area contributed by atoms with E-state index in [0.29, 0.717) is 36.5 Å². The van der Waals surface area contributed by atoms with Crippen LogP contribution in [0.5, 0.6) is 0 Å². The summed E-state index contributed by atoms with van der Waals surface area (Å²) in [5.74, 6) is 1.86. The Kier molecular flexibility index (Phi) is 5.74. The molecule has 3 aromatic rings. The van der Waals surface area contributed by atoms with E-state index < -0.39 is 6.03 Å². The van der Waals surface area contributed by atoms with Gasteiger partial charge in [-0.1, -0.05) is 12.1 Å². The van der Waals surface area contributed by atoms with Gasteiger partial charge in [0.25, 0.3) is 0 Å². The number of hydrogen-bond donors (Lipinski definition) is 4. The number of urea groups is 1. The fraction of sp³-hybridized carbons (Fsp3) is 0.250. The highest BCUT2D eigenvalue weighted by Gasteiger charge is 2.29. The van der Waals surface area contributed by atoms with Crippen molar-refractivity contribution in [3.8, 4) is 0 Å². The predicted octanol–water partition coefficient (Wildman–Crippen LogP) is 2.18. The molecule has 0 aliphatic carbocycles. The highest BCUT2D eigenvalue weighted by atomic mass is 19.1. The number of benzene rings is 1. The molecule has 2 amide bonds. The first-order valence-corrected chi connectivity index (χ1v) is 9.71. The van der Waals surface area contributed by atoms with Crippen molar-refractivity contribution >= 4 is 29.4 Å². The molecule has 10 nitrogen and oxygen atoms in total. The Morgan fingerprint density at radius 3 is 2.65 bits per heavy atom. The monoisotopic (exact) mass is 423 g/mol. The molecule has 1 aromatic carbocycles. The van der Waals surface area contributed by atoms with Crippen molar-refractivity contribution in [2.45, 2.75) is 19.0 Å². The van der Waals surface area contributed by atoms with Crippen molar-refractivity contribution in [2.24, 2.45) is 5.73 Å². The Balaban J connectivity index is 1.55. The van der Waals surface area contributed by atoms with E-state index in [1.54, 1.807) is 36.8 Å². The number of rotatable bonds is 7. The van der Waals surface area contributed by atoms with Crippen LogP contribution >= 0.6 is 0 Å². The average molecular weight is 423 g/mol.